The summed E-state index contributed by atoms with van der Waals surface area (Å²) in [6.07, 6.45) is 1.96. The van der Waals surface area contributed by atoms with E-state index in [9.17, 15) is 4.39 Å². The van der Waals surface area contributed by atoms with Crippen LogP contribution in [0.25, 0.3) is 33.4 Å². The van der Waals surface area contributed by atoms with Crippen LogP contribution in [0.5, 0.6) is 0 Å². The van der Waals surface area contributed by atoms with Crippen LogP contribution in [0.15, 0.2) is 54.6 Å². The highest BCUT2D eigenvalue weighted by molar-refractivity contribution is 6.30. The van der Waals surface area contributed by atoms with Gasteiger partial charge in [-0.1, -0.05) is 35.9 Å². The largest absolute Gasteiger partial charge is 0.268 e. The van der Waals surface area contributed by atoms with Gasteiger partial charge in [0, 0.05) is 33.8 Å². The molecule has 0 saturated heterocycles. The number of aromatic nitrogens is 3. The van der Waals surface area contributed by atoms with Crippen molar-refractivity contribution in [3.05, 3.63) is 71.1 Å². The molecule has 0 N–H and O–H groups in total. The van der Waals surface area contributed by atoms with Crippen molar-refractivity contribution in [3.63, 3.8) is 0 Å². The van der Waals surface area contributed by atoms with Crippen molar-refractivity contribution in [2.75, 3.05) is 0 Å². The second-order valence-corrected chi connectivity index (χ2v) is 6.95. The Morgan fingerprint density at radius 3 is 2.85 bits per heavy atom. The Kier molecular flexibility index (Phi) is 3.54. The molecule has 0 atom stereocenters. The normalized spacial score (nSPS) is 13.3. The van der Waals surface area contributed by atoms with Gasteiger partial charge >= 0.3 is 0 Å². The first kappa shape index (κ1) is 15.5. The lowest BCUT2D eigenvalue weighted by Gasteiger charge is -2.07. The number of rotatable bonds is 2. The highest BCUT2D eigenvalue weighted by Crippen LogP contribution is 2.38. The molecule has 5 heteroatoms. The van der Waals surface area contributed by atoms with Crippen molar-refractivity contribution >= 4 is 22.5 Å². The van der Waals surface area contributed by atoms with Crippen LogP contribution in [-0.2, 0) is 13.0 Å². The SMILES string of the molecule is Fc1ccc(Cl)cc1-c1nn2c(c1-c1ccc3ccccc3n1)CCC2. The van der Waals surface area contributed by atoms with E-state index in [1.54, 1.807) is 12.1 Å². The molecule has 3 heterocycles. The summed E-state index contributed by atoms with van der Waals surface area (Å²) in [6, 6.07) is 16.6. The van der Waals surface area contributed by atoms with Crippen LogP contribution in [0.4, 0.5) is 4.39 Å². The molecule has 0 radical (unpaired) electrons. The maximum Gasteiger partial charge on any atom is 0.132 e. The van der Waals surface area contributed by atoms with Gasteiger partial charge in [-0.05, 0) is 43.2 Å². The van der Waals surface area contributed by atoms with E-state index < -0.39 is 0 Å². The van der Waals surface area contributed by atoms with Gasteiger partial charge < -0.3 is 0 Å². The van der Waals surface area contributed by atoms with Gasteiger partial charge in [0.15, 0.2) is 0 Å². The lowest BCUT2D eigenvalue weighted by Crippen LogP contribution is -1.94. The molecule has 2 aromatic heterocycles. The average molecular weight is 364 g/mol. The first-order valence-corrected chi connectivity index (χ1v) is 9.00. The van der Waals surface area contributed by atoms with Crippen molar-refractivity contribution in [2.24, 2.45) is 0 Å². The number of aryl methyl sites for hydroxylation is 1. The highest BCUT2D eigenvalue weighted by Gasteiger charge is 2.26. The molecule has 2 aromatic carbocycles. The predicted octanol–water partition coefficient (Wildman–Crippen LogP) is 5.50. The quantitative estimate of drug-likeness (QED) is 0.470. The topological polar surface area (TPSA) is 30.7 Å². The Hall–Kier alpha value is -2.72. The van der Waals surface area contributed by atoms with Crippen LogP contribution in [0.3, 0.4) is 0 Å². The Balaban J connectivity index is 1.78. The summed E-state index contributed by atoms with van der Waals surface area (Å²) in [5.41, 5.74) is 4.80. The van der Waals surface area contributed by atoms with E-state index in [0.717, 1.165) is 47.2 Å². The molecule has 26 heavy (non-hydrogen) atoms. The fourth-order valence-corrected chi connectivity index (χ4v) is 3.85. The first-order valence-electron chi connectivity index (χ1n) is 8.62. The van der Waals surface area contributed by atoms with Gasteiger partial charge in [-0.15, -0.1) is 0 Å². The van der Waals surface area contributed by atoms with Gasteiger partial charge in [-0.2, -0.15) is 5.10 Å². The zero-order chi connectivity index (χ0) is 17.7. The number of fused-ring (bicyclic) bond motifs is 2. The van der Waals surface area contributed by atoms with Crippen LogP contribution < -0.4 is 0 Å². The van der Waals surface area contributed by atoms with Crippen molar-refractivity contribution in [3.8, 4) is 22.5 Å². The number of hydrogen-bond donors (Lipinski definition) is 0. The van der Waals surface area contributed by atoms with Crippen LogP contribution in [0.2, 0.25) is 5.02 Å². The van der Waals surface area contributed by atoms with Gasteiger partial charge in [0.25, 0.3) is 0 Å². The molecule has 5 rings (SSSR count). The Morgan fingerprint density at radius 2 is 1.92 bits per heavy atom. The van der Waals surface area contributed by atoms with E-state index in [4.69, 9.17) is 21.7 Å². The second-order valence-electron chi connectivity index (χ2n) is 6.51. The number of pyridine rings is 1. The lowest BCUT2D eigenvalue weighted by molar-refractivity contribution is 0.627. The lowest BCUT2D eigenvalue weighted by atomic mass is 10.0. The molecule has 0 bridgehead atoms. The third-order valence-electron chi connectivity index (χ3n) is 4.88. The zero-order valence-electron chi connectivity index (χ0n) is 13.9. The fourth-order valence-electron chi connectivity index (χ4n) is 3.67. The monoisotopic (exact) mass is 363 g/mol. The first-order chi connectivity index (χ1) is 12.7. The van der Waals surface area contributed by atoms with E-state index in [2.05, 4.69) is 6.07 Å². The molecule has 0 amide bonds. The third kappa shape index (κ3) is 2.41. The van der Waals surface area contributed by atoms with Gasteiger partial charge in [0.1, 0.15) is 11.5 Å². The number of para-hydroxylation sites is 1. The summed E-state index contributed by atoms with van der Waals surface area (Å²) >= 11 is 6.12. The Labute approximate surface area is 155 Å². The molecule has 0 saturated carbocycles. The number of hydrogen-bond acceptors (Lipinski definition) is 2. The molecule has 3 nitrogen and oxygen atoms in total. The van der Waals surface area contributed by atoms with Crippen LogP contribution in [0.1, 0.15) is 12.1 Å². The smallest absolute Gasteiger partial charge is 0.132 e. The van der Waals surface area contributed by atoms with Gasteiger partial charge in [-0.3, -0.25) is 4.68 Å². The Bertz CT molecular complexity index is 1150. The number of halogens is 2. The molecule has 0 spiro atoms. The van der Waals surface area contributed by atoms with Crippen LogP contribution >= 0.6 is 11.6 Å². The van der Waals surface area contributed by atoms with E-state index in [1.165, 1.54) is 6.07 Å². The molecular formula is C21H15ClFN3. The minimum atomic E-state index is -0.326. The second kappa shape index (κ2) is 5.92. The molecule has 4 aromatic rings. The van der Waals surface area contributed by atoms with Crippen molar-refractivity contribution in [1.29, 1.82) is 0 Å². The summed E-state index contributed by atoms with van der Waals surface area (Å²) in [5.74, 6) is -0.326. The Morgan fingerprint density at radius 1 is 1.04 bits per heavy atom. The van der Waals surface area contributed by atoms with E-state index in [1.807, 2.05) is 35.0 Å². The maximum atomic E-state index is 14.5. The van der Waals surface area contributed by atoms with Crippen LogP contribution in [0, 0.1) is 5.82 Å². The van der Waals surface area contributed by atoms with Crippen molar-refractivity contribution < 1.29 is 4.39 Å². The average Bonchev–Trinajstić information content (AvgIpc) is 3.24. The summed E-state index contributed by atoms with van der Waals surface area (Å²) in [7, 11) is 0. The zero-order valence-corrected chi connectivity index (χ0v) is 14.7. The maximum absolute atomic E-state index is 14.5. The number of benzene rings is 2. The molecule has 0 unspecified atom stereocenters. The predicted molar refractivity (Wildman–Crippen MR) is 102 cm³/mol. The van der Waals surface area contributed by atoms with Gasteiger partial charge in [0.2, 0.25) is 0 Å². The van der Waals surface area contributed by atoms with Crippen molar-refractivity contribution in [2.45, 2.75) is 19.4 Å². The summed E-state index contributed by atoms with van der Waals surface area (Å²) in [4.78, 5) is 4.82. The summed E-state index contributed by atoms with van der Waals surface area (Å²) in [6.45, 7) is 0.845. The van der Waals surface area contributed by atoms with E-state index in [-0.39, 0.29) is 5.82 Å². The minimum Gasteiger partial charge on any atom is -0.268 e. The standard InChI is InChI=1S/C21H15ClFN3/c22-14-8-9-16(23)15(12-14)21-20(19-6-3-11-26(19)25-21)18-10-7-13-4-1-2-5-17(13)24-18/h1-2,4-5,7-10,12H,3,6,11H2. The summed E-state index contributed by atoms with van der Waals surface area (Å²) < 4.78 is 16.5. The molecular weight excluding hydrogens is 349 g/mol. The molecule has 1 aliphatic heterocycles. The fraction of sp³-hybridized carbons (Fsp3) is 0.143. The summed E-state index contributed by atoms with van der Waals surface area (Å²) in [5, 5.41) is 6.27. The molecule has 128 valence electrons. The van der Waals surface area contributed by atoms with E-state index >= 15 is 0 Å². The highest BCUT2D eigenvalue weighted by atomic mass is 35.5. The van der Waals surface area contributed by atoms with Crippen molar-refractivity contribution in [1.82, 2.24) is 14.8 Å². The van der Waals surface area contributed by atoms with Gasteiger partial charge in [-0.25, -0.2) is 9.37 Å². The molecule has 0 fully saturated rings. The minimum absolute atomic E-state index is 0.326. The third-order valence-corrected chi connectivity index (χ3v) is 5.11. The van der Waals surface area contributed by atoms with E-state index in [0.29, 0.717) is 16.3 Å². The molecule has 1 aliphatic rings. The number of nitrogens with zero attached hydrogens (tertiary/aromatic N) is 3. The van der Waals surface area contributed by atoms with Gasteiger partial charge in [0.05, 0.1) is 11.2 Å². The van der Waals surface area contributed by atoms with Crippen LogP contribution in [-0.4, -0.2) is 14.8 Å². The molecule has 0 aliphatic carbocycles.